The zero-order valence-electron chi connectivity index (χ0n) is 9.71. The molecule has 2 unspecified atom stereocenters. The second kappa shape index (κ2) is 2.85. The van der Waals surface area contributed by atoms with Crippen LogP contribution in [0.2, 0.25) is 0 Å². The molecule has 0 saturated carbocycles. The summed E-state index contributed by atoms with van der Waals surface area (Å²) in [6.07, 6.45) is 3.21. The minimum atomic E-state index is 0.235. The molecule has 2 heterocycles. The summed E-state index contributed by atoms with van der Waals surface area (Å²) >= 11 is 0. The summed E-state index contributed by atoms with van der Waals surface area (Å²) in [4.78, 5) is 0. The third-order valence-electron chi connectivity index (χ3n) is 3.64. The maximum atomic E-state index is 5.98. The second-order valence-corrected chi connectivity index (χ2v) is 5.75. The molecule has 1 fully saturated rings. The summed E-state index contributed by atoms with van der Waals surface area (Å²) < 4.78 is 5.98. The van der Waals surface area contributed by atoms with E-state index in [1.807, 2.05) is 0 Å². The summed E-state index contributed by atoms with van der Waals surface area (Å²) in [5.74, 6) is 0. The normalized spacial score (nSPS) is 28.2. The maximum absolute atomic E-state index is 5.98. The molecule has 2 aliphatic rings. The number of benzene rings is 1. The Morgan fingerprint density at radius 1 is 1.13 bits per heavy atom. The van der Waals surface area contributed by atoms with Crippen molar-refractivity contribution >= 4 is 0 Å². The molecule has 2 aliphatic heterocycles. The SMILES string of the molecule is CC(C)(C)c1cccc2c1C1CCC2O1. The van der Waals surface area contributed by atoms with Gasteiger partial charge in [-0.05, 0) is 34.9 Å². The number of fused-ring (bicyclic) bond motifs is 5. The molecular formula is C14H18O. The third-order valence-corrected chi connectivity index (χ3v) is 3.64. The van der Waals surface area contributed by atoms with Gasteiger partial charge in [0.1, 0.15) is 0 Å². The van der Waals surface area contributed by atoms with Gasteiger partial charge in [-0.25, -0.2) is 0 Å². The van der Waals surface area contributed by atoms with Gasteiger partial charge >= 0.3 is 0 Å². The van der Waals surface area contributed by atoms with Gasteiger partial charge in [0.15, 0.2) is 0 Å². The van der Waals surface area contributed by atoms with Crippen LogP contribution >= 0.6 is 0 Å². The lowest BCUT2D eigenvalue weighted by atomic mass is 9.78. The molecule has 3 rings (SSSR count). The number of rotatable bonds is 0. The highest BCUT2D eigenvalue weighted by molar-refractivity contribution is 5.45. The van der Waals surface area contributed by atoms with Crippen molar-refractivity contribution in [1.82, 2.24) is 0 Å². The van der Waals surface area contributed by atoms with E-state index in [1.54, 1.807) is 0 Å². The lowest BCUT2D eigenvalue weighted by Crippen LogP contribution is -2.16. The van der Waals surface area contributed by atoms with E-state index in [4.69, 9.17) is 4.74 Å². The van der Waals surface area contributed by atoms with Crippen molar-refractivity contribution in [3.63, 3.8) is 0 Å². The molecule has 0 radical (unpaired) electrons. The zero-order valence-corrected chi connectivity index (χ0v) is 9.71. The average Bonchev–Trinajstić information content (AvgIpc) is 2.76. The van der Waals surface area contributed by atoms with Gasteiger partial charge in [0.2, 0.25) is 0 Å². The summed E-state index contributed by atoms with van der Waals surface area (Å²) in [6.45, 7) is 6.86. The van der Waals surface area contributed by atoms with E-state index in [1.165, 1.54) is 29.5 Å². The van der Waals surface area contributed by atoms with Crippen LogP contribution in [0.5, 0.6) is 0 Å². The molecule has 15 heavy (non-hydrogen) atoms. The van der Waals surface area contributed by atoms with Gasteiger partial charge < -0.3 is 4.74 Å². The van der Waals surface area contributed by atoms with Crippen LogP contribution in [0.1, 0.15) is 62.5 Å². The van der Waals surface area contributed by atoms with E-state index in [0.717, 1.165) is 0 Å². The molecule has 80 valence electrons. The monoisotopic (exact) mass is 202 g/mol. The fourth-order valence-corrected chi connectivity index (χ4v) is 2.96. The van der Waals surface area contributed by atoms with E-state index in [9.17, 15) is 0 Å². The highest BCUT2D eigenvalue weighted by Crippen LogP contribution is 2.53. The van der Waals surface area contributed by atoms with Gasteiger partial charge in [-0.15, -0.1) is 0 Å². The molecule has 2 atom stereocenters. The first-order chi connectivity index (χ1) is 7.07. The Morgan fingerprint density at radius 3 is 2.60 bits per heavy atom. The molecule has 1 saturated heterocycles. The number of hydrogen-bond acceptors (Lipinski definition) is 1. The van der Waals surface area contributed by atoms with Crippen molar-refractivity contribution in [1.29, 1.82) is 0 Å². The molecule has 0 aromatic heterocycles. The standard InChI is InChI=1S/C14H18O/c1-14(2,3)10-6-4-5-9-11-7-8-12(15-11)13(9)10/h4-6,11-12H,7-8H2,1-3H3. The summed E-state index contributed by atoms with van der Waals surface area (Å²) in [6, 6.07) is 6.70. The fourth-order valence-electron chi connectivity index (χ4n) is 2.96. The predicted octanol–water partition coefficient (Wildman–Crippen LogP) is 3.89. The summed E-state index contributed by atoms with van der Waals surface area (Å²) in [7, 11) is 0. The van der Waals surface area contributed by atoms with Crippen LogP contribution < -0.4 is 0 Å². The Kier molecular flexibility index (Phi) is 1.79. The van der Waals surface area contributed by atoms with Crippen LogP contribution in [0, 0.1) is 0 Å². The van der Waals surface area contributed by atoms with Crippen LogP contribution in [-0.2, 0) is 10.2 Å². The lowest BCUT2D eigenvalue weighted by molar-refractivity contribution is 0.0711. The molecule has 0 amide bonds. The van der Waals surface area contributed by atoms with E-state index in [2.05, 4.69) is 39.0 Å². The molecule has 1 aromatic carbocycles. The van der Waals surface area contributed by atoms with Crippen molar-refractivity contribution in [3.05, 3.63) is 34.9 Å². The Labute approximate surface area is 91.5 Å². The molecule has 1 aromatic rings. The minimum Gasteiger partial charge on any atom is -0.366 e. The largest absolute Gasteiger partial charge is 0.366 e. The van der Waals surface area contributed by atoms with E-state index in [-0.39, 0.29) is 5.41 Å². The molecule has 1 nitrogen and oxygen atoms in total. The van der Waals surface area contributed by atoms with Gasteiger partial charge in [0.25, 0.3) is 0 Å². The summed E-state index contributed by atoms with van der Waals surface area (Å²) in [5.41, 5.74) is 4.67. The van der Waals surface area contributed by atoms with E-state index < -0.39 is 0 Å². The molecule has 0 aliphatic carbocycles. The fraction of sp³-hybridized carbons (Fsp3) is 0.571. The molecule has 2 bridgehead atoms. The Morgan fingerprint density at radius 2 is 1.87 bits per heavy atom. The molecular weight excluding hydrogens is 184 g/mol. The zero-order chi connectivity index (χ0) is 10.6. The van der Waals surface area contributed by atoms with Crippen LogP contribution in [0.4, 0.5) is 0 Å². The molecule has 0 N–H and O–H groups in total. The summed E-state index contributed by atoms with van der Waals surface area (Å²) in [5, 5.41) is 0. The topological polar surface area (TPSA) is 9.23 Å². The first-order valence-corrected chi connectivity index (χ1v) is 5.86. The Bertz CT molecular complexity index is 400. The van der Waals surface area contributed by atoms with Gasteiger partial charge in [-0.1, -0.05) is 39.0 Å². The number of ether oxygens (including phenoxy) is 1. The van der Waals surface area contributed by atoms with E-state index >= 15 is 0 Å². The Hall–Kier alpha value is -0.820. The van der Waals surface area contributed by atoms with Crippen molar-refractivity contribution in [2.45, 2.75) is 51.2 Å². The first kappa shape index (κ1) is 9.41. The Balaban J connectivity index is 2.20. The second-order valence-electron chi connectivity index (χ2n) is 5.75. The minimum absolute atomic E-state index is 0.235. The van der Waals surface area contributed by atoms with E-state index in [0.29, 0.717) is 12.2 Å². The predicted molar refractivity (Wildman–Crippen MR) is 60.9 cm³/mol. The van der Waals surface area contributed by atoms with Crippen LogP contribution in [0.3, 0.4) is 0 Å². The third kappa shape index (κ3) is 1.26. The molecule has 1 heteroatoms. The van der Waals surface area contributed by atoms with Crippen LogP contribution in [0.15, 0.2) is 18.2 Å². The quantitative estimate of drug-likeness (QED) is 0.620. The van der Waals surface area contributed by atoms with Gasteiger partial charge in [0.05, 0.1) is 12.2 Å². The number of hydrogen-bond donors (Lipinski definition) is 0. The lowest BCUT2D eigenvalue weighted by Gasteiger charge is -2.25. The molecule has 0 spiro atoms. The van der Waals surface area contributed by atoms with Crippen molar-refractivity contribution in [2.24, 2.45) is 0 Å². The van der Waals surface area contributed by atoms with Gasteiger partial charge in [0, 0.05) is 0 Å². The van der Waals surface area contributed by atoms with Crippen LogP contribution in [0.25, 0.3) is 0 Å². The maximum Gasteiger partial charge on any atom is 0.0840 e. The smallest absolute Gasteiger partial charge is 0.0840 e. The highest BCUT2D eigenvalue weighted by atomic mass is 16.5. The average molecular weight is 202 g/mol. The highest BCUT2D eigenvalue weighted by Gasteiger charge is 2.40. The van der Waals surface area contributed by atoms with Crippen molar-refractivity contribution < 1.29 is 4.74 Å². The van der Waals surface area contributed by atoms with Gasteiger partial charge in [-0.2, -0.15) is 0 Å². The van der Waals surface area contributed by atoms with Crippen LogP contribution in [-0.4, -0.2) is 0 Å². The van der Waals surface area contributed by atoms with Gasteiger partial charge in [-0.3, -0.25) is 0 Å². The van der Waals surface area contributed by atoms with Crippen molar-refractivity contribution in [2.75, 3.05) is 0 Å². The first-order valence-electron chi connectivity index (χ1n) is 5.86. The van der Waals surface area contributed by atoms with Crippen molar-refractivity contribution in [3.8, 4) is 0 Å².